The minimum atomic E-state index is -0.703. The number of hydrogen-bond donors (Lipinski definition) is 2. The fraction of sp³-hybridized carbons (Fsp3) is 0.250. The summed E-state index contributed by atoms with van der Waals surface area (Å²) in [6, 6.07) is 10.7. The number of aliphatic hydroxyl groups is 1. The van der Waals surface area contributed by atoms with Crippen LogP contribution in [0.1, 0.15) is 25.8 Å². The van der Waals surface area contributed by atoms with Crippen LogP contribution in [0.4, 0.5) is 17.1 Å². The second kappa shape index (κ2) is 9.98. The number of benzene rings is 2. The first-order chi connectivity index (χ1) is 13.8. The van der Waals surface area contributed by atoms with Crippen LogP contribution in [0.2, 0.25) is 0 Å². The van der Waals surface area contributed by atoms with E-state index in [4.69, 9.17) is 4.74 Å². The van der Waals surface area contributed by atoms with Gasteiger partial charge in [0.2, 0.25) is 0 Å². The van der Waals surface area contributed by atoms with Gasteiger partial charge in [-0.15, -0.1) is 10.2 Å². The molecular formula is C20H22N4O5. The van der Waals surface area contributed by atoms with E-state index in [0.717, 1.165) is 12.0 Å². The molecule has 2 aromatic rings. The van der Waals surface area contributed by atoms with E-state index in [2.05, 4.69) is 15.5 Å². The maximum Gasteiger partial charge on any atom is 0.279 e. The minimum Gasteiger partial charge on any atom is -0.510 e. The standard InChI is InChI=1S/C20H22N4O5/c1-4-11-29-18-10-5-13(2)12-17(18)22-23-19(14(3)25)20(26)21-15-6-8-16(9-7-15)24(27)28/h5-10,12,25H,4,11H2,1-3H3,(H,21,26)/b19-14-,23-22?. The first-order valence-electron chi connectivity index (χ1n) is 8.92. The van der Waals surface area contributed by atoms with Crippen molar-refractivity contribution < 1.29 is 19.6 Å². The molecule has 2 N–H and O–H groups in total. The molecule has 0 saturated heterocycles. The molecule has 0 aromatic heterocycles. The third kappa shape index (κ3) is 6.13. The minimum absolute atomic E-state index is 0.101. The number of allylic oxidation sites excluding steroid dienone is 1. The normalized spacial score (nSPS) is 11.8. The van der Waals surface area contributed by atoms with Crippen molar-refractivity contribution in [1.29, 1.82) is 0 Å². The molecule has 0 aliphatic heterocycles. The summed E-state index contributed by atoms with van der Waals surface area (Å²) in [5, 5.41) is 31.1. The summed E-state index contributed by atoms with van der Waals surface area (Å²) in [4.78, 5) is 22.6. The Hall–Kier alpha value is -3.75. The van der Waals surface area contributed by atoms with Gasteiger partial charge in [-0.1, -0.05) is 13.0 Å². The van der Waals surface area contributed by atoms with Crippen molar-refractivity contribution in [2.45, 2.75) is 27.2 Å². The van der Waals surface area contributed by atoms with Gasteiger partial charge in [0.05, 0.1) is 11.5 Å². The average molecular weight is 398 g/mol. The van der Waals surface area contributed by atoms with Crippen molar-refractivity contribution >= 4 is 23.0 Å². The number of ether oxygens (including phenoxy) is 1. The van der Waals surface area contributed by atoms with Gasteiger partial charge in [-0.2, -0.15) is 0 Å². The summed E-state index contributed by atoms with van der Waals surface area (Å²) in [7, 11) is 0. The van der Waals surface area contributed by atoms with E-state index < -0.39 is 10.8 Å². The molecule has 0 unspecified atom stereocenters. The number of nitrogens with zero attached hydrogens (tertiary/aromatic N) is 3. The van der Waals surface area contributed by atoms with Crippen LogP contribution in [0.25, 0.3) is 0 Å². The number of carbonyl (C=O) groups excluding carboxylic acids is 1. The molecule has 152 valence electrons. The van der Waals surface area contributed by atoms with Crippen LogP contribution in [0, 0.1) is 17.0 Å². The number of rotatable bonds is 8. The number of hydrogen-bond acceptors (Lipinski definition) is 7. The van der Waals surface area contributed by atoms with Gasteiger partial charge in [-0.05, 0) is 50.1 Å². The fourth-order valence-electron chi connectivity index (χ4n) is 2.28. The number of aliphatic hydroxyl groups excluding tert-OH is 1. The number of nitrogens with one attached hydrogen (secondary N) is 1. The Morgan fingerprint density at radius 2 is 1.93 bits per heavy atom. The molecule has 2 aromatic carbocycles. The van der Waals surface area contributed by atoms with Crippen molar-refractivity contribution in [3.05, 3.63) is 69.6 Å². The molecule has 9 heteroatoms. The highest BCUT2D eigenvalue weighted by Gasteiger charge is 2.15. The van der Waals surface area contributed by atoms with E-state index in [1.807, 2.05) is 19.9 Å². The van der Waals surface area contributed by atoms with Gasteiger partial charge in [0.1, 0.15) is 17.2 Å². The maximum atomic E-state index is 12.5. The van der Waals surface area contributed by atoms with Crippen molar-refractivity contribution in [2.24, 2.45) is 10.2 Å². The lowest BCUT2D eigenvalue weighted by atomic mass is 10.2. The Balaban J connectivity index is 2.22. The van der Waals surface area contributed by atoms with Gasteiger partial charge in [-0.25, -0.2) is 0 Å². The zero-order valence-corrected chi connectivity index (χ0v) is 16.4. The van der Waals surface area contributed by atoms with Gasteiger partial charge < -0.3 is 15.2 Å². The van der Waals surface area contributed by atoms with Gasteiger partial charge in [0, 0.05) is 17.8 Å². The van der Waals surface area contributed by atoms with Crippen molar-refractivity contribution in [1.82, 2.24) is 0 Å². The number of non-ortho nitro benzene ring substituents is 1. The molecule has 0 aliphatic rings. The predicted molar refractivity (Wildman–Crippen MR) is 109 cm³/mol. The van der Waals surface area contributed by atoms with Gasteiger partial charge in [-0.3, -0.25) is 14.9 Å². The molecular weight excluding hydrogens is 376 g/mol. The third-order valence-electron chi connectivity index (χ3n) is 3.73. The molecule has 0 saturated carbocycles. The summed E-state index contributed by atoms with van der Waals surface area (Å²) in [6.07, 6.45) is 0.822. The van der Waals surface area contributed by atoms with E-state index in [1.165, 1.54) is 31.2 Å². The summed E-state index contributed by atoms with van der Waals surface area (Å²) in [5.74, 6) is -0.505. The Labute approximate surface area is 167 Å². The van der Waals surface area contributed by atoms with E-state index >= 15 is 0 Å². The monoisotopic (exact) mass is 398 g/mol. The van der Waals surface area contributed by atoms with E-state index in [0.29, 0.717) is 23.7 Å². The van der Waals surface area contributed by atoms with E-state index in [9.17, 15) is 20.0 Å². The number of nitro benzene ring substituents is 1. The third-order valence-corrected chi connectivity index (χ3v) is 3.73. The molecule has 0 fully saturated rings. The van der Waals surface area contributed by atoms with Crippen molar-refractivity contribution in [3.8, 4) is 5.75 Å². The summed E-state index contributed by atoms with van der Waals surface area (Å²) in [5.41, 5.74) is 1.30. The predicted octanol–water partition coefficient (Wildman–Crippen LogP) is 5.20. The number of azo groups is 1. The van der Waals surface area contributed by atoms with Crippen molar-refractivity contribution in [2.75, 3.05) is 11.9 Å². The maximum absolute atomic E-state index is 12.5. The molecule has 9 nitrogen and oxygen atoms in total. The van der Waals surface area contributed by atoms with Crippen LogP contribution in [-0.4, -0.2) is 22.5 Å². The molecule has 0 radical (unpaired) electrons. The van der Waals surface area contributed by atoms with Crippen molar-refractivity contribution in [3.63, 3.8) is 0 Å². The number of amides is 1. The second-order valence-corrected chi connectivity index (χ2v) is 6.21. The first kappa shape index (κ1) is 21.5. The molecule has 0 atom stereocenters. The molecule has 1 amide bonds. The molecule has 2 rings (SSSR count). The van der Waals surface area contributed by atoms with Crippen LogP contribution in [0.3, 0.4) is 0 Å². The second-order valence-electron chi connectivity index (χ2n) is 6.21. The average Bonchev–Trinajstić information content (AvgIpc) is 2.67. The SMILES string of the molecule is CCCOc1ccc(C)cc1N=N/C(C(=O)Nc1ccc([N+](=O)[O-])cc1)=C(/C)O. The topological polar surface area (TPSA) is 126 Å². The summed E-state index contributed by atoms with van der Waals surface area (Å²) in [6.45, 7) is 5.69. The van der Waals surface area contributed by atoms with Crippen LogP contribution < -0.4 is 10.1 Å². The van der Waals surface area contributed by atoms with Crippen LogP contribution in [-0.2, 0) is 4.79 Å². The molecule has 0 bridgehead atoms. The summed E-state index contributed by atoms with van der Waals surface area (Å²) >= 11 is 0. The number of aryl methyl sites for hydroxylation is 1. The smallest absolute Gasteiger partial charge is 0.279 e. The first-order valence-corrected chi connectivity index (χ1v) is 8.92. The fourth-order valence-corrected chi connectivity index (χ4v) is 2.28. The van der Waals surface area contributed by atoms with E-state index in [-0.39, 0.29) is 17.1 Å². The molecule has 0 heterocycles. The highest BCUT2D eigenvalue weighted by molar-refractivity contribution is 6.03. The lowest BCUT2D eigenvalue weighted by Crippen LogP contribution is -2.14. The zero-order chi connectivity index (χ0) is 21.4. The van der Waals surface area contributed by atoms with Gasteiger partial charge >= 0.3 is 0 Å². The molecule has 0 aliphatic carbocycles. The molecule has 0 spiro atoms. The lowest BCUT2D eigenvalue weighted by molar-refractivity contribution is -0.384. The Kier molecular flexibility index (Phi) is 7.41. The number of carbonyl (C=O) groups is 1. The zero-order valence-electron chi connectivity index (χ0n) is 16.4. The van der Waals surface area contributed by atoms with Gasteiger partial charge in [0.15, 0.2) is 5.70 Å². The van der Waals surface area contributed by atoms with Gasteiger partial charge in [0.25, 0.3) is 11.6 Å². The number of anilines is 1. The Morgan fingerprint density at radius 1 is 1.24 bits per heavy atom. The largest absolute Gasteiger partial charge is 0.510 e. The quantitative estimate of drug-likeness (QED) is 0.208. The van der Waals surface area contributed by atoms with Crippen LogP contribution in [0.5, 0.6) is 5.75 Å². The highest BCUT2D eigenvalue weighted by Crippen LogP contribution is 2.30. The lowest BCUT2D eigenvalue weighted by Gasteiger charge is -2.09. The summed E-state index contributed by atoms with van der Waals surface area (Å²) < 4.78 is 5.63. The Morgan fingerprint density at radius 3 is 2.52 bits per heavy atom. The van der Waals surface area contributed by atoms with Crippen LogP contribution >= 0.6 is 0 Å². The highest BCUT2D eigenvalue weighted by atomic mass is 16.6. The Bertz CT molecular complexity index is 948. The number of nitro groups is 1. The van der Waals surface area contributed by atoms with E-state index in [1.54, 1.807) is 12.1 Å². The van der Waals surface area contributed by atoms with Crippen LogP contribution in [0.15, 0.2) is 64.1 Å². The molecule has 29 heavy (non-hydrogen) atoms.